The van der Waals surface area contributed by atoms with Crippen LogP contribution in [0.15, 0.2) is 0 Å². The third-order valence-corrected chi connectivity index (χ3v) is 1.75. The van der Waals surface area contributed by atoms with Crippen molar-refractivity contribution in [3.63, 3.8) is 0 Å². The Labute approximate surface area is 117 Å². The van der Waals surface area contributed by atoms with Crippen LogP contribution < -0.4 is 0 Å². The van der Waals surface area contributed by atoms with E-state index >= 15 is 0 Å². The maximum absolute atomic E-state index is 11.3. The fourth-order valence-corrected chi connectivity index (χ4v) is 1.01. The number of rotatable bonds is 6. The first-order valence-corrected chi connectivity index (χ1v) is 6.73. The SMILES string of the molecule is CC.CN(C)CCOC(=O)CCC(=O)OC(C)(C)C. The van der Waals surface area contributed by atoms with Crippen LogP contribution in [-0.4, -0.2) is 49.7 Å². The maximum Gasteiger partial charge on any atom is 0.306 e. The van der Waals surface area contributed by atoms with E-state index in [9.17, 15) is 9.59 Å². The maximum atomic E-state index is 11.3. The van der Waals surface area contributed by atoms with Gasteiger partial charge in [-0.05, 0) is 34.9 Å². The highest BCUT2D eigenvalue weighted by atomic mass is 16.6. The zero-order chi connectivity index (χ0) is 15.5. The first-order valence-electron chi connectivity index (χ1n) is 6.73. The van der Waals surface area contributed by atoms with Gasteiger partial charge in [-0.25, -0.2) is 0 Å². The lowest BCUT2D eigenvalue weighted by molar-refractivity contribution is -0.158. The molecule has 114 valence electrons. The predicted molar refractivity (Wildman–Crippen MR) is 75.9 cm³/mol. The summed E-state index contributed by atoms with van der Waals surface area (Å²) < 4.78 is 10.0. The highest BCUT2D eigenvalue weighted by Crippen LogP contribution is 2.09. The van der Waals surface area contributed by atoms with Crippen LogP contribution in [0.3, 0.4) is 0 Å². The van der Waals surface area contributed by atoms with E-state index in [4.69, 9.17) is 9.47 Å². The van der Waals surface area contributed by atoms with Gasteiger partial charge in [0.2, 0.25) is 0 Å². The van der Waals surface area contributed by atoms with Gasteiger partial charge in [0, 0.05) is 6.54 Å². The molecule has 0 unspecified atom stereocenters. The summed E-state index contributed by atoms with van der Waals surface area (Å²) in [6.07, 6.45) is 0.139. The van der Waals surface area contributed by atoms with Crippen molar-refractivity contribution in [3.8, 4) is 0 Å². The second kappa shape index (κ2) is 10.8. The molecule has 0 fully saturated rings. The number of hydrogen-bond donors (Lipinski definition) is 0. The quantitative estimate of drug-likeness (QED) is 0.696. The summed E-state index contributed by atoms with van der Waals surface area (Å²) in [7, 11) is 3.79. The Hall–Kier alpha value is -1.10. The Bertz CT molecular complexity index is 257. The summed E-state index contributed by atoms with van der Waals surface area (Å²) in [5.74, 6) is -0.736. The molecular weight excluding hydrogens is 246 g/mol. The van der Waals surface area contributed by atoms with Gasteiger partial charge < -0.3 is 14.4 Å². The Morgan fingerprint density at radius 1 is 1.00 bits per heavy atom. The van der Waals surface area contributed by atoms with Crippen LogP contribution in [0.2, 0.25) is 0 Å². The Kier molecular flexibility index (Phi) is 11.5. The summed E-state index contributed by atoms with van der Waals surface area (Å²) in [5, 5.41) is 0. The number of nitrogens with zero attached hydrogens (tertiary/aromatic N) is 1. The molecule has 0 heterocycles. The molecule has 0 aliphatic rings. The van der Waals surface area contributed by atoms with Crippen molar-refractivity contribution in [3.05, 3.63) is 0 Å². The second-order valence-corrected chi connectivity index (χ2v) is 5.11. The number of carbonyl (C=O) groups is 2. The smallest absolute Gasteiger partial charge is 0.306 e. The van der Waals surface area contributed by atoms with Gasteiger partial charge in [-0.3, -0.25) is 9.59 Å². The number of ether oxygens (including phenoxy) is 2. The summed E-state index contributed by atoms with van der Waals surface area (Å²) in [5.41, 5.74) is -0.508. The van der Waals surface area contributed by atoms with Crippen molar-refractivity contribution in [1.29, 1.82) is 0 Å². The average Bonchev–Trinajstić information content (AvgIpc) is 2.26. The van der Waals surface area contributed by atoms with E-state index in [0.717, 1.165) is 0 Å². The van der Waals surface area contributed by atoms with Crippen LogP contribution in [0.5, 0.6) is 0 Å². The highest BCUT2D eigenvalue weighted by molar-refractivity contribution is 5.77. The first kappa shape index (κ1) is 20.2. The van der Waals surface area contributed by atoms with E-state index in [1.54, 1.807) is 20.8 Å². The lowest BCUT2D eigenvalue weighted by Gasteiger charge is -2.19. The van der Waals surface area contributed by atoms with Gasteiger partial charge in [0.25, 0.3) is 0 Å². The zero-order valence-corrected chi connectivity index (χ0v) is 13.4. The molecular formula is C14H29NO4. The van der Waals surface area contributed by atoms with Crippen LogP contribution in [0, 0.1) is 0 Å². The van der Waals surface area contributed by atoms with Gasteiger partial charge in [0.15, 0.2) is 0 Å². The second-order valence-electron chi connectivity index (χ2n) is 5.11. The monoisotopic (exact) mass is 275 g/mol. The van der Waals surface area contributed by atoms with Gasteiger partial charge in [0.05, 0.1) is 12.8 Å². The molecule has 0 saturated heterocycles. The molecule has 0 spiro atoms. The van der Waals surface area contributed by atoms with E-state index in [0.29, 0.717) is 13.2 Å². The molecule has 0 bridgehead atoms. The van der Waals surface area contributed by atoms with Gasteiger partial charge in [0.1, 0.15) is 12.2 Å². The van der Waals surface area contributed by atoms with Crippen molar-refractivity contribution in [2.45, 2.75) is 53.1 Å². The largest absolute Gasteiger partial charge is 0.464 e. The summed E-state index contributed by atoms with van der Waals surface area (Å²) >= 11 is 0. The molecule has 0 aliphatic carbocycles. The molecule has 0 aromatic heterocycles. The van der Waals surface area contributed by atoms with Crippen LogP contribution in [0.4, 0.5) is 0 Å². The summed E-state index contributed by atoms with van der Waals surface area (Å²) in [6, 6.07) is 0. The molecule has 19 heavy (non-hydrogen) atoms. The average molecular weight is 275 g/mol. The third-order valence-electron chi connectivity index (χ3n) is 1.75. The van der Waals surface area contributed by atoms with E-state index in [1.165, 1.54) is 0 Å². The van der Waals surface area contributed by atoms with Crippen LogP contribution in [0.1, 0.15) is 47.5 Å². The van der Waals surface area contributed by atoms with E-state index in [2.05, 4.69) is 0 Å². The van der Waals surface area contributed by atoms with E-state index < -0.39 is 5.60 Å². The molecule has 0 aromatic carbocycles. The Morgan fingerprint density at radius 3 is 1.89 bits per heavy atom. The van der Waals surface area contributed by atoms with Gasteiger partial charge in [-0.1, -0.05) is 13.8 Å². The third kappa shape index (κ3) is 16.9. The van der Waals surface area contributed by atoms with Gasteiger partial charge >= 0.3 is 11.9 Å². The molecule has 0 N–H and O–H groups in total. The minimum absolute atomic E-state index is 0.0675. The Balaban J connectivity index is 0. The normalized spacial score (nSPS) is 10.5. The Morgan fingerprint density at radius 2 is 1.47 bits per heavy atom. The fraction of sp³-hybridized carbons (Fsp3) is 0.857. The number of likely N-dealkylation sites (N-methyl/N-ethyl adjacent to an activating group) is 1. The van der Waals surface area contributed by atoms with Crippen molar-refractivity contribution in [2.24, 2.45) is 0 Å². The van der Waals surface area contributed by atoms with Crippen LogP contribution in [0.25, 0.3) is 0 Å². The summed E-state index contributed by atoms with van der Waals surface area (Å²) in [6.45, 7) is 10.4. The highest BCUT2D eigenvalue weighted by Gasteiger charge is 2.17. The lowest BCUT2D eigenvalue weighted by atomic mass is 10.2. The minimum Gasteiger partial charge on any atom is -0.464 e. The molecule has 5 heteroatoms. The van der Waals surface area contributed by atoms with Crippen LogP contribution >= 0.6 is 0 Å². The number of esters is 2. The van der Waals surface area contributed by atoms with Crippen LogP contribution in [-0.2, 0) is 19.1 Å². The molecule has 0 radical (unpaired) electrons. The fourth-order valence-electron chi connectivity index (χ4n) is 1.01. The number of hydrogen-bond acceptors (Lipinski definition) is 5. The zero-order valence-electron chi connectivity index (χ0n) is 13.4. The molecule has 0 amide bonds. The summed E-state index contributed by atoms with van der Waals surface area (Å²) in [4.78, 5) is 24.5. The minimum atomic E-state index is -0.508. The molecule has 0 aromatic rings. The first-order chi connectivity index (χ1) is 8.70. The molecule has 5 nitrogen and oxygen atoms in total. The van der Waals surface area contributed by atoms with Gasteiger partial charge in [-0.2, -0.15) is 0 Å². The molecule has 0 aliphatic heterocycles. The van der Waals surface area contributed by atoms with Crippen molar-refractivity contribution in [1.82, 2.24) is 4.90 Å². The predicted octanol–water partition coefficient (Wildman–Crippen LogP) is 2.24. The van der Waals surface area contributed by atoms with Crippen molar-refractivity contribution in [2.75, 3.05) is 27.2 Å². The van der Waals surface area contributed by atoms with Crippen molar-refractivity contribution >= 4 is 11.9 Å². The van der Waals surface area contributed by atoms with E-state index in [1.807, 2.05) is 32.8 Å². The molecule has 0 saturated carbocycles. The molecule has 0 rings (SSSR count). The lowest BCUT2D eigenvalue weighted by Crippen LogP contribution is -2.24. The number of carbonyl (C=O) groups excluding carboxylic acids is 2. The standard InChI is InChI=1S/C12H23NO4.C2H6/c1-12(2,3)17-11(15)7-6-10(14)16-9-8-13(4)5;1-2/h6-9H2,1-5H3;1-2H3. The molecule has 0 atom stereocenters. The van der Waals surface area contributed by atoms with E-state index in [-0.39, 0.29) is 24.8 Å². The topological polar surface area (TPSA) is 55.8 Å². The van der Waals surface area contributed by atoms with Gasteiger partial charge in [-0.15, -0.1) is 0 Å². The van der Waals surface area contributed by atoms with Crippen molar-refractivity contribution < 1.29 is 19.1 Å².